The van der Waals surface area contributed by atoms with E-state index < -0.39 is 72.4 Å². The number of hydrogen-bond donors (Lipinski definition) is 5. The second-order valence-electron chi connectivity index (χ2n) is 4.56. The first-order valence-electron chi connectivity index (χ1n) is 6.71. The molecule has 0 bridgehead atoms. The largest absolute Gasteiger partial charge is 3.00 e. The van der Waals surface area contributed by atoms with E-state index in [1.54, 1.807) is 0 Å². The van der Waals surface area contributed by atoms with Crippen molar-refractivity contribution in [3.63, 3.8) is 0 Å². The van der Waals surface area contributed by atoms with Crippen molar-refractivity contribution >= 4 is 35.8 Å². The maximum Gasteiger partial charge on any atom is 3.00 e. The van der Waals surface area contributed by atoms with E-state index in [1.807, 2.05) is 0 Å². The van der Waals surface area contributed by atoms with Gasteiger partial charge < -0.3 is 90.0 Å². The number of carboxylic acids is 6. The van der Waals surface area contributed by atoms with Crippen LogP contribution in [0.4, 0.5) is 0 Å². The van der Waals surface area contributed by atoms with E-state index in [4.69, 9.17) is 25.5 Å². The molecule has 0 spiro atoms. The molecule has 0 heterocycles. The van der Waals surface area contributed by atoms with Crippen LogP contribution in [0.1, 0.15) is 0 Å². The summed E-state index contributed by atoms with van der Waals surface area (Å²) in [5, 5.41) is 109. The van der Waals surface area contributed by atoms with Crippen molar-refractivity contribution < 1.29 is 154 Å². The van der Waals surface area contributed by atoms with E-state index in [-0.39, 0.29) is 63.7 Å². The summed E-state index contributed by atoms with van der Waals surface area (Å²) in [5.41, 5.74) is 0. The number of carbonyl (C=O) groups excluding carboxylic acids is 6. The van der Waals surface area contributed by atoms with Crippen molar-refractivity contribution in [2.75, 3.05) is 0 Å². The summed E-state index contributed by atoms with van der Waals surface area (Å²) in [7, 11) is 0. The Morgan fingerprint density at radius 1 is 0.424 bits per heavy atom. The number of aliphatic carboxylic acids is 6. The first kappa shape index (κ1) is 45.2. The van der Waals surface area contributed by atoms with Gasteiger partial charge >= 0.3 is 63.7 Å². The van der Waals surface area contributed by atoms with Crippen molar-refractivity contribution in [1.29, 1.82) is 0 Å². The Morgan fingerprint density at radius 2 is 0.576 bits per heavy atom. The molecule has 0 aliphatic heterocycles. The van der Waals surface area contributed by atoms with Crippen molar-refractivity contribution in [2.45, 2.75) is 36.6 Å². The van der Waals surface area contributed by atoms with E-state index in [0.29, 0.717) is 0 Å². The standard InChI is InChI=1S/2C4H6O6.C4H5O6.2Fe.Na/c3*5-1(3(7)8)2(6)4(9)10;;;/h2*1-2,5-6H,(H,7,8)(H,9,10);1-2,5H,(H,7,8)(H,9,10);;;/q;;-1;2*+3;+1/p-6. The fourth-order valence-corrected chi connectivity index (χ4v) is 0.768. The zero-order valence-corrected chi connectivity index (χ0v) is 19.9. The molecule has 0 aliphatic carbocycles. The molecule has 5 N–H and O–H groups in total. The average molecular weight is 578 g/mol. The molecule has 0 aromatic heterocycles. The summed E-state index contributed by atoms with van der Waals surface area (Å²) >= 11 is 0. The van der Waals surface area contributed by atoms with E-state index in [1.165, 1.54) is 0 Å². The van der Waals surface area contributed by atoms with Gasteiger partial charge in [-0.1, -0.05) is 6.10 Å². The molecule has 6 atom stereocenters. The van der Waals surface area contributed by atoms with Gasteiger partial charge in [-0.2, -0.15) is 0 Å². The van der Waals surface area contributed by atoms with Crippen LogP contribution in [-0.4, -0.2) is 98.0 Å². The van der Waals surface area contributed by atoms with Crippen LogP contribution in [0.2, 0.25) is 0 Å². The monoisotopic (exact) mass is 578 g/mol. The molecule has 0 aromatic rings. The second kappa shape index (κ2) is 22.4. The Labute approximate surface area is 225 Å². The summed E-state index contributed by atoms with van der Waals surface area (Å²) < 4.78 is 0. The topological polar surface area (TPSA) is 365 Å². The quantitative estimate of drug-likeness (QED) is 0.159. The number of hydrogen-bond acceptors (Lipinski definition) is 18. The first-order chi connectivity index (χ1) is 13.4. The third kappa shape index (κ3) is 20.9. The molecular weight excluding hydrogens is 567 g/mol. The Balaban J connectivity index is -0.0000000792. The zero-order chi connectivity index (χ0) is 24.9. The van der Waals surface area contributed by atoms with Gasteiger partial charge in [0.15, 0.2) is 0 Å². The molecule has 0 saturated carbocycles. The minimum absolute atomic E-state index is 0. The predicted octanol–water partition coefficient (Wildman–Crippen LogP) is -18.0. The van der Waals surface area contributed by atoms with Crippen LogP contribution < -0.4 is 65.3 Å². The maximum absolute atomic E-state index is 10.0. The molecule has 0 aliphatic rings. The second-order valence-corrected chi connectivity index (χ2v) is 4.56. The Bertz CT molecular complexity index is 504. The van der Waals surface area contributed by atoms with Gasteiger partial charge in [-0.15, -0.1) is 0 Å². The SMILES string of the molecule is O=C([O-])C(O)C(O)C(=O)[O-].O=C([O-])C(O)C(O)C(=O)[O-].O=C([O-])C([O-])C(O)C(=O)[O-].[Fe+3].[Fe+3].[Na+]. The van der Waals surface area contributed by atoms with Gasteiger partial charge in [-0.25, -0.2) is 0 Å². The zero-order valence-electron chi connectivity index (χ0n) is 15.7. The van der Waals surface area contributed by atoms with Crippen LogP contribution in [-0.2, 0) is 62.9 Å². The van der Waals surface area contributed by atoms with Crippen molar-refractivity contribution in [3.05, 3.63) is 0 Å². The van der Waals surface area contributed by atoms with Crippen LogP contribution in [0.15, 0.2) is 0 Å². The molecule has 184 valence electrons. The van der Waals surface area contributed by atoms with E-state index >= 15 is 0 Å². The van der Waals surface area contributed by atoms with Gasteiger partial charge in [0.1, 0.15) is 24.4 Å². The fourth-order valence-electron chi connectivity index (χ4n) is 0.768. The molecule has 0 fully saturated rings. The number of aliphatic hydroxyl groups excluding tert-OH is 5. The first-order valence-corrected chi connectivity index (χ1v) is 6.71. The van der Waals surface area contributed by atoms with Crippen LogP contribution in [0.5, 0.6) is 0 Å². The number of carbonyl (C=O) groups is 6. The van der Waals surface area contributed by atoms with Crippen LogP contribution in [0.25, 0.3) is 0 Å². The summed E-state index contributed by atoms with van der Waals surface area (Å²) in [6.07, 6.45) is -15.0. The van der Waals surface area contributed by atoms with Gasteiger partial charge in [0, 0.05) is 5.97 Å². The Kier molecular flexibility index (Phi) is 30.7. The molecule has 2 radical (unpaired) electrons. The number of rotatable bonds is 9. The average Bonchev–Trinajstić information content (AvgIpc) is 2.64. The van der Waals surface area contributed by atoms with Crippen molar-refractivity contribution in [1.82, 2.24) is 0 Å². The molecule has 0 amide bonds. The van der Waals surface area contributed by atoms with Crippen LogP contribution in [0, 0.1) is 0 Å². The third-order valence-corrected chi connectivity index (χ3v) is 2.32. The van der Waals surface area contributed by atoms with Gasteiger partial charge in [-0.3, -0.25) is 0 Å². The Hall–Kier alpha value is -1.38. The molecule has 0 aromatic carbocycles. The minimum Gasteiger partial charge on any atom is -0.846 e. The minimum atomic E-state index is -2.69. The van der Waals surface area contributed by atoms with Crippen LogP contribution >= 0.6 is 0 Å². The molecule has 0 saturated heterocycles. The van der Waals surface area contributed by atoms with Crippen molar-refractivity contribution in [2.24, 2.45) is 0 Å². The summed E-state index contributed by atoms with van der Waals surface area (Å²) in [6.45, 7) is 0. The summed E-state index contributed by atoms with van der Waals surface area (Å²) in [6, 6.07) is 0. The van der Waals surface area contributed by atoms with E-state index in [2.05, 4.69) is 0 Å². The fraction of sp³-hybridized carbons (Fsp3) is 0.500. The maximum atomic E-state index is 10.0. The van der Waals surface area contributed by atoms with Crippen LogP contribution in [0.3, 0.4) is 0 Å². The normalized spacial score (nSPS) is 14.4. The Morgan fingerprint density at radius 3 is 0.636 bits per heavy atom. The molecule has 6 unspecified atom stereocenters. The molecular formula is C12H11Fe2NaO18. The molecule has 0 rings (SSSR count). The van der Waals surface area contributed by atoms with Gasteiger partial charge in [-0.05, 0) is 0 Å². The number of aliphatic hydroxyl groups is 5. The third-order valence-electron chi connectivity index (χ3n) is 2.32. The summed E-state index contributed by atoms with van der Waals surface area (Å²) in [4.78, 5) is 57.7. The van der Waals surface area contributed by atoms with E-state index in [0.717, 1.165) is 0 Å². The smallest absolute Gasteiger partial charge is 0.846 e. The predicted molar refractivity (Wildman–Crippen MR) is 63.9 cm³/mol. The van der Waals surface area contributed by atoms with Gasteiger partial charge in [0.2, 0.25) is 0 Å². The van der Waals surface area contributed by atoms with Gasteiger partial charge in [0.05, 0.1) is 36.0 Å². The van der Waals surface area contributed by atoms with Crippen molar-refractivity contribution in [3.8, 4) is 0 Å². The molecule has 21 heteroatoms. The number of carboxylic acid groups (broad SMARTS) is 6. The molecule has 33 heavy (non-hydrogen) atoms. The molecule has 18 nitrogen and oxygen atoms in total. The van der Waals surface area contributed by atoms with Gasteiger partial charge in [0.25, 0.3) is 0 Å². The van der Waals surface area contributed by atoms with E-state index in [9.17, 15) is 64.5 Å². The summed E-state index contributed by atoms with van der Waals surface area (Å²) in [5.74, 6) is -12.5.